The lowest BCUT2D eigenvalue weighted by Gasteiger charge is -2.11. The molecule has 0 atom stereocenters. The Hall–Kier alpha value is -2.15. The van der Waals surface area contributed by atoms with E-state index in [1.807, 2.05) is 0 Å². The average molecular weight is 224 g/mol. The van der Waals surface area contributed by atoms with E-state index in [0.29, 0.717) is 0 Å². The Morgan fingerprint density at radius 1 is 1.50 bits per heavy atom. The van der Waals surface area contributed by atoms with Gasteiger partial charge in [-0.1, -0.05) is 6.07 Å². The molecule has 0 saturated carbocycles. The molecule has 0 heterocycles. The number of nitro benzene ring substituents is 1. The van der Waals surface area contributed by atoms with Crippen molar-refractivity contribution in [3.8, 4) is 0 Å². The number of anilines is 1. The van der Waals surface area contributed by atoms with E-state index in [1.54, 1.807) is 0 Å². The topological polar surface area (TPSA) is 102 Å². The Balaban J connectivity index is 3.39. The number of hydrogen-bond donors (Lipinski definition) is 2. The zero-order chi connectivity index (χ0) is 12.3. The molecule has 16 heavy (non-hydrogen) atoms. The van der Waals surface area contributed by atoms with Crippen LogP contribution in [0.1, 0.15) is 10.4 Å². The lowest BCUT2D eigenvalue weighted by Crippen LogP contribution is -2.23. The van der Waals surface area contributed by atoms with Gasteiger partial charge in [-0.2, -0.15) is 0 Å². The van der Waals surface area contributed by atoms with E-state index in [2.05, 4.69) is 5.43 Å². The summed E-state index contributed by atoms with van der Waals surface area (Å²) in [6.07, 6.45) is 0. The van der Waals surface area contributed by atoms with Crippen LogP contribution < -0.4 is 11.3 Å². The fourth-order valence-electron chi connectivity index (χ4n) is 1.27. The highest BCUT2D eigenvalue weighted by Gasteiger charge is 2.24. The van der Waals surface area contributed by atoms with Crippen molar-refractivity contribution in [1.82, 2.24) is 4.90 Å². The second kappa shape index (κ2) is 4.58. The lowest BCUT2D eigenvalue weighted by molar-refractivity contribution is -0.384. The minimum atomic E-state index is -0.633. The van der Waals surface area contributed by atoms with E-state index < -0.39 is 10.8 Å². The molecule has 0 radical (unpaired) electrons. The van der Waals surface area contributed by atoms with Crippen LogP contribution in [0.4, 0.5) is 11.4 Å². The van der Waals surface area contributed by atoms with Crippen molar-refractivity contribution in [3.05, 3.63) is 33.9 Å². The third-order valence-corrected chi connectivity index (χ3v) is 2.01. The summed E-state index contributed by atoms with van der Waals surface area (Å²) in [5, 5.41) is 10.9. The minimum Gasteiger partial charge on any atom is -0.345 e. The monoisotopic (exact) mass is 224 g/mol. The summed E-state index contributed by atoms with van der Waals surface area (Å²) in [7, 11) is 3.04. The van der Waals surface area contributed by atoms with Crippen molar-refractivity contribution in [2.75, 3.05) is 19.5 Å². The first-order chi connectivity index (χ1) is 7.49. The predicted molar refractivity (Wildman–Crippen MR) is 58.9 cm³/mol. The van der Waals surface area contributed by atoms with Gasteiger partial charge in [0.25, 0.3) is 5.91 Å². The maximum absolute atomic E-state index is 11.7. The number of amides is 1. The van der Waals surface area contributed by atoms with Crippen LogP contribution >= 0.6 is 0 Å². The van der Waals surface area contributed by atoms with Crippen molar-refractivity contribution < 1.29 is 9.72 Å². The van der Waals surface area contributed by atoms with Gasteiger partial charge >= 0.3 is 5.69 Å². The van der Waals surface area contributed by atoms with Gasteiger partial charge in [-0.25, -0.2) is 0 Å². The van der Waals surface area contributed by atoms with Gasteiger partial charge in [0.15, 0.2) is 0 Å². The quantitative estimate of drug-likeness (QED) is 0.444. The van der Waals surface area contributed by atoms with Crippen molar-refractivity contribution >= 4 is 17.3 Å². The molecule has 0 aliphatic rings. The Morgan fingerprint density at radius 3 is 2.56 bits per heavy atom. The number of carbonyl (C=O) groups is 1. The molecular formula is C9H12N4O3. The van der Waals surface area contributed by atoms with Gasteiger partial charge in [-0.3, -0.25) is 20.8 Å². The molecule has 0 fully saturated rings. The van der Waals surface area contributed by atoms with Crippen LogP contribution in [0.5, 0.6) is 0 Å². The van der Waals surface area contributed by atoms with Gasteiger partial charge < -0.3 is 10.3 Å². The van der Waals surface area contributed by atoms with Crippen LogP contribution in [0.3, 0.4) is 0 Å². The fraction of sp³-hybridized carbons (Fsp3) is 0.222. The smallest absolute Gasteiger partial charge is 0.306 e. The van der Waals surface area contributed by atoms with E-state index in [9.17, 15) is 14.9 Å². The highest BCUT2D eigenvalue weighted by atomic mass is 16.6. The van der Waals surface area contributed by atoms with E-state index in [4.69, 9.17) is 5.84 Å². The molecule has 7 nitrogen and oxygen atoms in total. The fourth-order valence-corrected chi connectivity index (χ4v) is 1.27. The molecule has 0 aliphatic carbocycles. The number of carbonyl (C=O) groups excluding carboxylic acids is 1. The molecule has 3 N–H and O–H groups in total. The number of nitro groups is 1. The van der Waals surface area contributed by atoms with E-state index in [1.165, 1.54) is 37.2 Å². The van der Waals surface area contributed by atoms with Gasteiger partial charge in [0.05, 0.1) is 4.92 Å². The molecule has 1 aromatic rings. The molecule has 1 amide bonds. The zero-order valence-corrected chi connectivity index (χ0v) is 8.93. The maximum atomic E-state index is 11.7. The molecule has 0 aliphatic heterocycles. The van der Waals surface area contributed by atoms with Crippen molar-refractivity contribution in [3.63, 3.8) is 0 Å². The highest BCUT2D eigenvalue weighted by molar-refractivity contribution is 6.00. The molecule has 7 heteroatoms. The molecule has 1 aromatic carbocycles. The van der Waals surface area contributed by atoms with Gasteiger partial charge in [0.2, 0.25) is 0 Å². The molecule has 0 aromatic heterocycles. The first-order valence-electron chi connectivity index (χ1n) is 4.44. The maximum Gasteiger partial charge on any atom is 0.306 e. The van der Waals surface area contributed by atoms with E-state index >= 15 is 0 Å². The van der Waals surface area contributed by atoms with Gasteiger partial charge in [-0.05, 0) is 12.1 Å². The Morgan fingerprint density at radius 2 is 2.12 bits per heavy atom. The summed E-state index contributed by atoms with van der Waals surface area (Å²) in [6.45, 7) is 0. The van der Waals surface area contributed by atoms with Crippen molar-refractivity contribution in [1.29, 1.82) is 0 Å². The third kappa shape index (κ3) is 2.09. The van der Waals surface area contributed by atoms with E-state index in [-0.39, 0.29) is 16.9 Å². The standard InChI is InChI=1S/C9H12N4O3/c1-12(2)9(14)6-4-3-5-7(11-10)8(6)13(15)16/h3-5,11H,10H2,1-2H3. The summed E-state index contributed by atoms with van der Waals surface area (Å²) in [5.74, 6) is 4.71. The average Bonchev–Trinajstić information content (AvgIpc) is 2.26. The number of nitrogens with one attached hydrogen (secondary N) is 1. The number of para-hydroxylation sites is 1. The Kier molecular flexibility index (Phi) is 3.41. The Bertz CT molecular complexity index is 431. The second-order valence-electron chi connectivity index (χ2n) is 3.30. The molecule has 1 rings (SSSR count). The van der Waals surface area contributed by atoms with Crippen molar-refractivity contribution in [2.24, 2.45) is 5.84 Å². The molecule has 86 valence electrons. The van der Waals surface area contributed by atoms with E-state index in [0.717, 1.165) is 0 Å². The van der Waals surface area contributed by atoms with Crippen LogP contribution in [-0.2, 0) is 0 Å². The Labute approximate surface area is 92.0 Å². The number of rotatable bonds is 3. The zero-order valence-electron chi connectivity index (χ0n) is 8.93. The van der Waals surface area contributed by atoms with Gasteiger partial charge in [-0.15, -0.1) is 0 Å². The van der Waals surface area contributed by atoms with Crippen LogP contribution in [0, 0.1) is 10.1 Å². The summed E-state index contributed by atoms with van der Waals surface area (Å²) in [5.41, 5.74) is 2.00. The summed E-state index contributed by atoms with van der Waals surface area (Å²) in [6, 6.07) is 4.35. The van der Waals surface area contributed by atoms with Crippen molar-refractivity contribution in [2.45, 2.75) is 0 Å². The van der Waals surface area contributed by atoms with Crippen LogP contribution in [0.25, 0.3) is 0 Å². The molecule has 0 bridgehead atoms. The van der Waals surface area contributed by atoms with Gasteiger partial charge in [0, 0.05) is 14.1 Å². The number of benzene rings is 1. The number of nitrogen functional groups attached to an aromatic ring is 1. The highest BCUT2D eigenvalue weighted by Crippen LogP contribution is 2.28. The summed E-state index contributed by atoms with van der Waals surface area (Å²) in [4.78, 5) is 23.2. The summed E-state index contributed by atoms with van der Waals surface area (Å²) >= 11 is 0. The SMILES string of the molecule is CN(C)C(=O)c1cccc(NN)c1[N+](=O)[O-]. The molecule has 0 spiro atoms. The van der Waals surface area contributed by atoms with Crippen LogP contribution in [0.2, 0.25) is 0 Å². The molecule has 0 saturated heterocycles. The lowest BCUT2D eigenvalue weighted by atomic mass is 10.1. The number of hydrazine groups is 1. The minimum absolute atomic E-state index is 0.00505. The first kappa shape index (κ1) is 11.9. The normalized spacial score (nSPS) is 9.69. The summed E-state index contributed by atoms with van der Waals surface area (Å²) < 4.78 is 0. The van der Waals surface area contributed by atoms with Crippen LogP contribution in [-0.4, -0.2) is 29.8 Å². The predicted octanol–water partition coefficient (Wildman–Crippen LogP) is 0.582. The van der Waals surface area contributed by atoms with Gasteiger partial charge in [0.1, 0.15) is 11.3 Å². The second-order valence-corrected chi connectivity index (χ2v) is 3.30. The number of nitrogens with zero attached hydrogens (tertiary/aromatic N) is 2. The number of hydrogen-bond acceptors (Lipinski definition) is 5. The molecule has 0 unspecified atom stereocenters. The number of nitrogens with two attached hydrogens (primary N) is 1. The first-order valence-corrected chi connectivity index (χ1v) is 4.44. The largest absolute Gasteiger partial charge is 0.345 e. The van der Waals surface area contributed by atoms with Crippen LogP contribution in [0.15, 0.2) is 18.2 Å². The molecular weight excluding hydrogens is 212 g/mol. The third-order valence-electron chi connectivity index (χ3n) is 2.01.